The van der Waals surface area contributed by atoms with E-state index >= 15 is 0 Å². The van der Waals surface area contributed by atoms with E-state index in [-0.39, 0.29) is 41.3 Å². The summed E-state index contributed by atoms with van der Waals surface area (Å²) in [5.74, 6) is -5.92. The smallest absolute Gasteiger partial charge is 0.254 e. The second-order valence-corrected chi connectivity index (χ2v) is 14.0. The number of benzene rings is 2. The van der Waals surface area contributed by atoms with Gasteiger partial charge in [-0.2, -0.15) is 0 Å². The molecule has 1 saturated carbocycles. The van der Waals surface area contributed by atoms with Crippen molar-refractivity contribution in [2.75, 3.05) is 17.5 Å². The highest BCUT2D eigenvalue weighted by molar-refractivity contribution is 9.10. The zero-order chi connectivity index (χ0) is 30.5. The van der Waals surface area contributed by atoms with E-state index < -0.39 is 51.1 Å². The van der Waals surface area contributed by atoms with E-state index in [0.717, 1.165) is 15.4 Å². The molecule has 0 radical (unpaired) electrons. The molecule has 1 N–H and O–H groups in total. The number of methoxy groups -OCH3 is 1. The number of nitrogens with zero attached hydrogens (tertiary/aromatic N) is 2. The fourth-order valence-electron chi connectivity index (χ4n) is 7.04. The number of allylic oxidation sites excluding steroid dienone is 2. The van der Waals surface area contributed by atoms with E-state index in [4.69, 9.17) is 39.5 Å². The van der Waals surface area contributed by atoms with E-state index in [1.807, 2.05) is 6.92 Å². The van der Waals surface area contributed by atoms with Gasteiger partial charge in [-0.3, -0.25) is 24.1 Å². The van der Waals surface area contributed by atoms with Crippen molar-refractivity contribution in [3.05, 3.63) is 62.6 Å². The molecule has 2 aliphatic heterocycles. The van der Waals surface area contributed by atoms with Crippen LogP contribution in [0.15, 0.2) is 46.5 Å². The Balaban J connectivity index is 1.55. The van der Waals surface area contributed by atoms with Crippen LogP contribution in [0.5, 0.6) is 11.5 Å². The summed E-state index contributed by atoms with van der Waals surface area (Å²) in [6.07, 6.45) is 1.82. The number of alkyl halides is 3. The topological polar surface area (TPSA) is 104 Å². The lowest BCUT2D eigenvalue weighted by molar-refractivity contribution is -0.138. The maximum Gasteiger partial charge on any atom is 0.254 e. The third-order valence-corrected chi connectivity index (χ3v) is 11.8. The molecule has 6 atom stereocenters. The highest BCUT2D eigenvalue weighted by Crippen LogP contribution is 2.66. The van der Waals surface area contributed by atoms with Gasteiger partial charge in [0, 0.05) is 21.0 Å². The molecule has 13 heteroatoms. The van der Waals surface area contributed by atoms with Gasteiger partial charge in [0.1, 0.15) is 0 Å². The average molecular weight is 762 g/mol. The van der Waals surface area contributed by atoms with Gasteiger partial charge in [0.15, 0.2) is 21.2 Å². The Morgan fingerprint density at radius 1 is 1.07 bits per heavy atom. The van der Waals surface area contributed by atoms with Crippen LogP contribution in [0.3, 0.4) is 0 Å². The number of hydrogen-bond donors (Lipinski definition) is 1. The Kier molecular flexibility index (Phi) is 7.29. The number of aryl methyl sites for hydroxylation is 1. The maximum atomic E-state index is 14.1. The second kappa shape index (κ2) is 10.2. The lowest BCUT2D eigenvalue weighted by Gasteiger charge is -2.50. The average Bonchev–Trinajstić information content (AvgIpc) is 3.29. The SMILES string of the molecule is COc1cc(Br)cc(C2C3=CCC4C(=O)N(c5ccc(C)c(Cl)c5)C(=O)C4C3CC3(Cl)C(=O)N(CBr)C(=O)C23Cl)c1O. The summed E-state index contributed by atoms with van der Waals surface area (Å²) in [4.78, 5) is 53.6. The number of imide groups is 2. The molecule has 2 saturated heterocycles. The highest BCUT2D eigenvalue weighted by atomic mass is 79.9. The first kappa shape index (κ1) is 29.9. The van der Waals surface area contributed by atoms with E-state index in [2.05, 4.69) is 31.9 Å². The van der Waals surface area contributed by atoms with Gasteiger partial charge in [-0.1, -0.05) is 61.2 Å². The first-order valence-corrected chi connectivity index (χ1v) is 16.1. The number of fused-ring (bicyclic) bond motifs is 4. The minimum atomic E-state index is -2.05. The monoisotopic (exact) mass is 758 g/mol. The number of phenolic OH excluding ortho intramolecular Hbond substituents is 1. The van der Waals surface area contributed by atoms with Gasteiger partial charge < -0.3 is 9.84 Å². The molecule has 4 amide bonds. The predicted octanol–water partition coefficient (Wildman–Crippen LogP) is 6.04. The van der Waals surface area contributed by atoms with Crippen LogP contribution in [-0.2, 0) is 19.2 Å². The second-order valence-electron chi connectivity index (χ2n) is 11.0. The number of carbonyl (C=O) groups excluding carboxylic acids is 4. The molecule has 2 aromatic carbocycles. The van der Waals surface area contributed by atoms with Gasteiger partial charge in [0.2, 0.25) is 11.8 Å². The number of halogens is 5. The summed E-state index contributed by atoms with van der Waals surface area (Å²) in [6, 6.07) is 8.12. The highest BCUT2D eigenvalue weighted by Gasteiger charge is 2.76. The van der Waals surface area contributed by atoms with Crippen molar-refractivity contribution >= 4 is 96.0 Å². The molecule has 8 nitrogen and oxygen atoms in total. The summed E-state index contributed by atoms with van der Waals surface area (Å²) >= 11 is 27.4. The van der Waals surface area contributed by atoms with Crippen molar-refractivity contribution in [3.8, 4) is 11.5 Å². The standard InChI is InChI=1S/C29H23Br2Cl3N2O6/c1-12-3-4-14(9-19(12)32)36-24(38)16-6-5-15-18(21(16)25(36)39)10-28(33)26(40)35(11-30)27(41)29(28,34)22(15)17-7-13(31)8-20(42-2)23(17)37/h3-5,7-9,16,18,21-22,37H,6,10-11H2,1-2H3. The molecule has 220 valence electrons. The summed E-state index contributed by atoms with van der Waals surface area (Å²) in [5, 5.41) is 11.7. The predicted molar refractivity (Wildman–Crippen MR) is 164 cm³/mol. The van der Waals surface area contributed by atoms with Crippen molar-refractivity contribution in [1.82, 2.24) is 4.90 Å². The van der Waals surface area contributed by atoms with E-state index in [0.29, 0.717) is 20.8 Å². The number of aromatic hydroxyl groups is 1. The molecule has 0 bridgehead atoms. The van der Waals surface area contributed by atoms with Crippen LogP contribution in [0.4, 0.5) is 5.69 Å². The van der Waals surface area contributed by atoms with Crippen LogP contribution in [-0.4, -0.2) is 55.9 Å². The fraction of sp³-hybridized carbons (Fsp3) is 0.379. The molecule has 2 aliphatic carbocycles. The molecule has 3 fully saturated rings. The van der Waals surface area contributed by atoms with Crippen LogP contribution in [0, 0.1) is 24.7 Å². The van der Waals surface area contributed by atoms with Crippen LogP contribution < -0.4 is 9.64 Å². The zero-order valence-electron chi connectivity index (χ0n) is 22.2. The van der Waals surface area contributed by atoms with Crippen molar-refractivity contribution in [3.63, 3.8) is 0 Å². The number of ether oxygens (including phenoxy) is 1. The Hall–Kier alpha value is -2.11. The number of phenols is 1. The minimum absolute atomic E-state index is 0.111. The van der Waals surface area contributed by atoms with Crippen molar-refractivity contribution in [2.24, 2.45) is 17.8 Å². The Bertz CT molecular complexity index is 1630. The van der Waals surface area contributed by atoms with E-state index in [1.165, 1.54) is 7.11 Å². The van der Waals surface area contributed by atoms with Crippen molar-refractivity contribution in [2.45, 2.75) is 35.4 Å². The van der Waals surface area contributed by atoms with Crippen molar-refractivity contribution < 1.29 is 29.0 Å². The maximum absolute atomic E-state index is 14.1. The lowest BCUT2D eigenvalue weighted by atomic mass is 9.56. The molecular weight excluding hydrogens is 738 g/mol. The summed E-state index contributed by atoms with van der Waals surface area (Å²) < 4.78 is 5.89. The molecule has 2 aromatic rings. The normalized spacial score (nSPS) is 32.1. The Morgan fingerprint density at radius 2 is 1.79 bits per heavy atom. The first-order valence-electron chi connectivity index (χ1n) is 13.0. The minimum Gasteiger partial charge on any atom is -0.504 e. The van der Waals surface area contributed by atoms with Gasteiger partial charge in [-0.25, -0.2) is 4.90 Å². The number of amides is 4. The lowest BCUT2D eigenvalue weighted by Crippen LogP contribution is -2.60. The van der Waals surface area contributed by atoms with Crippen molar-refractivity contribution in [1.29, 1.82) is 0 Å². The fourth-order valence-corrected chi connectivity index (χ4v) is 9.09. The Morgan fingerprint density at radius 3 is 2.43 bits per heavy atom. The van der Waals surface area contributed by atoms with Crippen LogP contribution in [0.25, 0.3) is 0 Å². The molecule has 0 spiro atoms. The van der Waals surface area contributed by atoms with Gasteiger partial charge in [-0.15, -0.1) is 23.2 Å². The first-order chi connectivity index (χ1) is 19.8. The molecule has 2 heterocycles. The molecule has 42 heavy (non-hydrogen) atoms. The van der Waals surface area contributed by atoms with Gasteiger partial charge in [0.05, 0.1) is 30.1 Å². The quantitative estimate of drug-likeness (QED) is 0.177. The van der Waals surface area contributed by atoms with Gasteiger partial charge in [-0.05, 0) is 55.5 Å². The summed E-state index contributed by atoms with van der Waals surface area (Å²) in [7, 11) is 1.38. The Labute approximate surface area is 273 Å². The van der Waals surface area contributed by atoms with Crippen LogP contribution >= 0.6 is 66.7 Å². The number of anilines is 1. The van der Waals surface area contributed by atoms with Crippen LogP contribution in [0.1, 0.15) is 29.9 Å². The molecule has 0 aromatic heterocycles. The summed E-state index contributed by atoms with van der Waals surface area (Å²) in [6.45, 7) is 1.82. The van der Waals surface area contributed by atoms with Gasteiger partial charge >= 0.3 is 0 Å². The van der Waals surface area contributed by atoms with Crippen LogP contribution in [0.2, 0.25) is 5.02 Å². The molecule has 4 aliphatic rings. The third-order valence-electron chi connectivity index (χ3n) is 9.03. The number of rotatable bonds is 4. The third kappa shape index (κ3) is 3.84. The van der Waals surface area contributed by atoms with E-state index in [9.17, 15) is 24.3 Å². The number of hydrogen-bond acceptors (Lipinski definition) is 6. The molecular formula is C29H23Br2Cl3N2O6. The summed E-state index contributed by atoms with van der Waals surface area (Å²) in [5.41, 5.74) is 1.75. The molecule has 6 unspecified atom stereocenters. The number of likely N-dealkylation sites (tertiary alicyclic amines) is 1. The molecule has 6 rings (SSSR count). The van der Waals surface area contributed by atoms with Gasteiger partial charge in [0.25, 0.3) is 11.8 Å². The number of carbonyl (C=O) groups is 4. The van der Waals surface area contributed by atoms with E-state index in [1.54, 1.807) is 36.4 Å². The largest absolute Gasteiger partial charge is 0.504 e. The zero-order valence-corrected chi connectivity index (χ0v) is 27.6.